The average Bonchev–Trinajstić information content (AvgIpc) is 2.55. The highest BCUT2D eigenvalue weighted by molar-refractivity contribution is 5.78. The van der Waals surface area contributed by atoms with Gasteiger partial charge < -0.3 is 15.3 Å². The van der Waals surface area contributed by atoms with E-state index in [0.717, 1.165) is 44.2 Å². The first-order chi connectivity index (χ1) is 12.0. The molecule has 1 aromatic rings. The molecule has 1 heterocycles. The summed E-state index contributed by atoms with van der Waals surface area (Å²) in [5, 5.41) is 13.1. The number of benzene rings is 1. The van der Waals surface area contributed by atoms with Crippen LogP contribution >= 0.6 is 0 Å². The summed E-state index contributed by atoms with van der Waals surface area (Å²) in [4.78, 5) is 16.6. The van der Waals surface area contributed by atoms with Crippen LogP contribution in [0.1, 0.15) is 40.0 Å². The second-order valence-corrected chi connectivity index (χ2v) is 7.55. The van der Waals surface area contributed by atoms with E-state index in [1.165, 1.54) is 12.8 Å². The summed E-state index contributed by atoms with van der Waals surface area (Å²) >= 11 is 0. The van der Waals surface area contributed by atoms with E-state index < -0.39 is 0 Å². The Morgan fingerprint density at radius 2 is 1.80 bits per heavy atom. The number of phenolic OH excluding ortho intramolecular Hbond substituents is 1. The number of nitrogens with zero attached hydrogens (tertiary/aromatic N) is 2. The topological polar surface area (TPSA) is 55.8 Å². The fourth-order valence-electron chi connectivity index (χ4n) is 3.31. The zero-order valence-corrected chi connectivity index (χ0v) is 15.9. The Balaban J connectivity index is 1.69. The molecule has 140 valence electrons. The fraction of sp³-hybridized carbons (Fsp3) is 0.650. The fourth-order valence-corrected chi connectivity index (χ4v) is 3.31. The summed E-state index contributed by atoms with van der Waals surface area (Å²) in [5.74, 6) is 1.17. The number of nitrogens with one attached hydrogen (secondary N) is 1. The molecule has 1 atom stereocenters. The van der Waals surface area contributed by atoms with Crippen molar-refractivity contribution in [3.63, 3.8) is 0 Å². The van der Waals surface area contributed by atoms with E-state index in [1.54, 1.807) is 6.07 Å². The molecule has 5 heteroatoms. The lowest BCUT2D eigenvalue weighted by Crippen LogP contribution is -2.50. The van der Waals surface area contributed by atoms with Crippen molar-refractivity contribution >= 4 is 11.6 Å². The van der Waals surface area contributed by atoms with E-state index in [-0.39, 0.29) is 11.9 Å². The van der Waals surface area contributed by atoms with E-state index in [0.29, 0.717) is 12.3 Å². The molecule has 2 rings (SSSR count). The first-order valence-electron chi connectivity index (χ1n) is 9.50. The zero-order chi connectivity index (χ0) is 18.2. The van der Waals surface area contributed by atoms with Crippen LogP contribution in [0.25, 0.3) is 0 Å². The molecule has 1 aliphatic rings. The number of piperazine rings is 1. The predicted octanol–water partition coefficient (Wildman–Crippen LogP) is 2.85. The van der Waals surface area contributed by atoms with E-state index in [9.17, 15) is 9.90 Å². The molecule has 0 saturated carbocycles. The van der Waals surface area contributed by atoms with Crippen molar-refractivity contribution in [1.29, 1.82) is 0 Å². The van der Waals surface area contributed by atoms with Crippen molar-refractivity contribution in [3.05, 3.63) is 24.3 Å². The van der Waals surface area contributed by atoms with Gasteiger partial charge in [0, 0.05) is 32.2 Å². The number of rotatable bonds is 8. The summed E-state index contributed by atoms with van der Waals surface area (Å²) in [5.41, 5.74) is 0.880. The van der Waals surface area contributed by atoms with Gasteiger partial charge in [-0.15, -0.1) is 0 Å². The van der Waals surface area contributed by atoms with Gasteiger partial charge in [-0.2, -0.15) is 0 Å². The molecule has 0 aromatic heterocycles. The van der Waals surface area contributed by atoms with Gasteiger partial charge in [-0.1, -0.05) is 38.8 Å². The number of amides is 1. The van der Waals surface area contributed by atoms with Gasteiger partial charge in [0.15, 0.2) is 0 Å². The molecule has 2 N–H and O–H groups in total. The highest BCUT2D eigenvalue weighted by Crippen LogP contribution is 2.27. The van der Waals surface area contributed by atoms with Gasteiger partial charge in [-0.05, 0) is 31.4 Å². The largest absolute Gasteiger partial charge is 0.506 e. The van der Waals surface area contributed by atoms with E-state index >= 15 is 0 Å². The molecule has 1 amide bonds. The van der Waals surface area contributed by atoms with Crippen LogP contribution in [-0.4, -0.2) is 54.7 Å². The minimum absolute atomic E-state index is 0.119. The van der Waals surface area contributed by atoms with Crippen molar-refractivity contribution in [3.8, 4) is 5.75 Å². The normalized spacial score (nSPS) is 16.9. The van der Waals surface area contributed by atoms with E-state index in [4.69, 9.17) is 0 Å². The molecule has 0 bridgehead atoms. The van der Waals surface area contributed by atoms with Gasteiger partial charge in [-0.25, -0.2) is 0 Å². The predicted molar refractivity (Wildman–Crippen MR) is 103 cm³/mol. The SMILES string of the molecule is CC(C)CCC[C@H](C)NC(=O)CN1CCN(c2ccccc2O)CC1. The Labute approximate surface area is 152 Å². The first kappa shape index (κ1) is 19.6. The molecule has 0 spiro atoms. The quantitative estimate of drug-likeness (QED) is 0.759. The maximum absolute atomic E-state index is 12.2. The number of aromatic hydroxyl groups is 1. The summed E-state index contributed by atoms with van der Waals surface area (Å²) < 4.78 is 0. The van der Waals surface area contributed by atoms with E-state index in [1.807, 2.05) is 18.2 Å². The van der Waals surface area contributed by atoms with Crippen molar-refractivity contribution in [2.24, 2.45) is 5.92 Å². The van der Waals surface area contributed by atoms with Gasteiger partial charge in [-0.3, -0.25) is 9.69 Å². The van der Waals surface area contributed by atoms with Crippen LogP contribution in [0.3, 0.4) is 0 Å². The average molecular weight is 348 g/mol. The molecule has 1 aliphatic heterocycles. The van der Waals surface area contributed by atoms with Gasteiger partial charge in [0.1, 0.15) is 5.75 Å². The zero-order valence-electron chi connectivity index (χ0n) is 15.9. The molecular weight excluding hydrogens is 314 g/mol. The van der Waals surface area contributed by atoms with E-state index in [2.05, 4.69) is 35.9 Å². The van der Waals surface area contributed by atoms with Crippen LogP contribution in [0.2, 0.25) is 0 Å². The van der Waals surface area contributed by atoms with Crippen molar-refractivity contribution < 1.29 is 9.90 Å². The highest BCUT2D eigenvalue weighted by atomic mass is 16.3. The number of carbonyl (C=O) groups excluding carboxylic acids is 1. The standard InChI is InChI=1S/C20H33N3O2/c1-16(2)7-6-8-17(3)21-20(25)15-22-11-13-23(14-12-22)18-9-4-5-10-19(18)24/h4-5,9-10,16-17,24H,6-8,11-15H2,1-3H3,(H,21,25)/t17-/m0/s1. The molecule has 0 aliphatic carbocycles. The van der Waals surface area contributed by atoms with Crippen LogP contribution in [0.5, 0.6) is 5.75 Å². The number of hydrogen-bond donors (Lipinski definition) is 2. The molecule has 1 fully saturated rings. The highest BCUT2D eigenvalue weighted by Gasteiger charge is 2.21. The monoisotopic (exact) mass is 347 g/mol. The maximum Gasteiger partial charge on any atom is 0.234 e. The van der Waals surface area contributed by atoms with Gasteiger partial charge >= 0.3 is 0 Å². The van der Waals surface area contributed by atoms with Crippen LogP contribution in [-0.2, 0) is 4.79 Å². The molecule has 0 radical (unpaired) electrons. The third-order valence-corrected chi connectivity index (χ3v) is 4.79. The lowest BCUT2D eigenvalue weighted by molar-refractivity contribution is -0.123. The molecule has 1 aromatic carbocycles. The Kier molecular flexibility index (Phi) is 7.56. The van der Waals surface area contributed by atoms with Crippen LogP contribution in [0.4, 0.5) is 5.69 Å². The smallest absolute Gasteiger partial charge is 0.234 e. The summed E-state index contributed by atoms with van der Waals surface area (Å²) in [6.07, 6.45) is 3.43. The Bertz CT molecular complexity index is 539. The van der Waals surface area contributed by atoms with Gasteiger partial charge in [0.05, 0.1) is 12.2 Å². The number of para-hydroxylation sites is 2. The number of phenols is 1. The molecular formula is C20H33N3O2. The van der Waals surface area contributed by atoms with Crippen molar-refractivity contribution in [2.45, 2.75) is 46.1 Å². The third kappa shape index (κ3) is 6.58. The van der Waals surface area contributed by atoms with Crippen LogP contribution in [0.15, 0.2) is 24.3 Å². The Hall–Kier alpha value is -1.75. The molecule has 5 nitrogen and oxygen atoms in total. The summed E-state index contributed by atoms with van der Waals surface area (Å²) in [7, 11) is 0. The lowest BCUT2D eigenvalue weighted by atomic mass is 10.0. The lowest BCUT2D eigenvalue weighted by Gasteiger charge is -2.36. The summed E-state index contributed by atoms with van der Waals surface area (Å²) in [6, 6.07) is 7.68. The molecule has 25 heavy (non-hydrogen) atoms. The number of anilines is 1. The van der Waals surface area contributed by atoms with Gasteiger partial charge in [0.2, 0.25) is 5.91 Å². The summed E-state index contributed by atoms with van der Waals surface area (Å²) in [6.45, 7) is 10.4. The Morgan fingerprint density at radius 3 is 2.44 bits per heavy atom. The van der Waals surface area contributed by atoms with Gasteiger partial charge in [0.25, 0.3) is 0 Å². The second-order valence-electron chi connectivity index (χ2n) is 7.55. The molecule has 0 unspecified atom stereocenters. The maximum atomic E-state index is 12.2. The third-order valence-electron chi connectivity index (χ3n) is 4.79. The van der Waals surface area contributed by atoms with Crippen LogP contribution in [0, 0.1) is 5.92 Å². The van der Waals surface area contributed by atoms with Crippen molar-refractivity contribution in [2.75, 3.05) is 37.6 Å². The second kappa shape index (κ2) is 9.66. The van der Waals surface area contributed by atoms with Crippen molar-refractivity contribution in [1.82, 2.24) is 10.2 Å². The first-order valence-corrected chi connectivity index (χ1v) is 9.50. The number of hydrogen-bond acceptors (Lipinski definition) is 4. The minimum atomic E-state index is 0.119. The minimum Gasteiger partial charge on any atom is -0.506 e. The number of carbonyl (C=O) groups is 1. The Morgan fingerprint density at radius 1 is 1.12 bits per heavy atom. The van der Waals surface area contributed by atoms with Crippen LogP contribution < -0.4 is 10.2 Å². The molecule has 1 saturated heterocycles.